The zero-order chi connectivity index (χ0) is 16.9. The van der Waals surface area contributed by atoms with Crippen molar-refractivity contribution in [3.63, 3.8) is 0 Å². The Morgan fingerprint density at radius 1 is 1.50 bits per heavy atom. The van der Waals surface area contributed by atoms with E-state index in [0.29, 0.717) is 0 Å². The van der Waals surface area contributed by atoms with Gasteiger partial charge in [0.25, 0.3) is 0 Å². The first kappa shape index (κ1) is 18.1. The summed E-state index contributed by atoms with van der Waals surface area (Å²) in [4.78, 5) is 12.8. The number of hydrogen-bond acceptors (Lipinski definition) is 3. The Morgan fingerprint density at radius 2 is 2.14 bits per heavy atom. The second kappa shape index (κ2) is 7.36. The number of halogens is 4. The summed E-state index contributed by atoms with van der Waals surface area (Å²) >= 11 is 5.88. The van der Waals surface area contributed by atoms with Crippen molar-refractivity contribution in [3.05, 3.63) is 28.8 Å². The molecule has 1 unspecified atom stereocenters. The molecule has 120 valence electrons. The highest BCUT2D eigenvalue weighted by atomic mass is 35.5. The van der Waals surface area contributed by atoms with E-state index in [4.69, 9.17) is 16.9 Å². The van der Waals surface area contributed by atoms with Crippen LogP contribution in [0.2, 0.25) is 5.02 Å². The number of nitrogens with zero attached hydrogens (tertiary/aromatic N) is 2. The van der Waals surface area contributed by atoms with Crippen LogP contribution >= 0.6 is 11.6 Å². The van der Waals surface area contributed by atoms with E-state index in [-0.39, 0.29) is 22.7 Å². The average Bonchev–Trinajstić information content (AvgIpc) is 2.45. The normalized spacial score (nSPS) is 12.4. The van der Waals surface area contributed by atoms with Crippen molar-refractivity contribution >= 4 is 23.2 Å². The molecule has 0 aliphatic heterocycles. The maximum absolute atomic E-state index is 12.8. The van der Waals surface area contributed by atoms with Crippen LogP contribution in [0.25, 0.3) is 0 Å². The van der Waals surface area contributed by atoms with Crippen molar-refractivity contribution < 1.29 is 18.0 Å². The van der Waals surface area contributed by atoms with Crippen LogP contribution in [0.1, 0.15) is 18.9 Å². The molecule has 0 heterocycles. The van der Waals surface area contributed by atoms with Crippen LogP contribution in [0.4, 0.5) is 18.9 Å². The van der Waals surface area contributed by atoms with Crippen LogP contribution in [0, 0.1) is 11.3 Å². The van der Waals surface area contributed by atoms with Gasteiger partial charge in [-0.3, -0.25) is 4.79 Å². The Bertz CT molecular complexity index is 584. The molecule has 1 atom stereocenters. The number of likely N-dealkylation sites (N-methyl/N-ethyl adjacent to an activating group) is 1. The second-order valence-electron chi connectivity index (χ2n) is 4.56. The summed E-state index contributed by atoms with van der Waals surface area (Å²) in [6.45, 7) is 0.329. The Labute approximate surface area is 131 Å². The van der Waals surface area contributed by atoms with E-state index in [1.54, 1.807) is 6.92 Å². The minimum absolute atomic E-state index is 0.0407. The lowest BCUT2D eigenvalue weighted by Crippen LogP contribution is -2.49. The number of nitriles is 1. The molecule has 0 aromatic heterocycles. The summed E-state index contributed by atoms with van der Waals surface area (Å²) < 4.78 is 38.5. The maximum atomic E-state index is 12.8. The van der Waals surface area contributed by atoms with Gasteiger partial charge in [0.15, 0.2) is 0 Å². The molecule has 0 aliphatic carbocycles. The molecular weight excluding hydrogens is 319 g/mol. The fourth-order valence-electron chi connectivity index (χ4n) is 2.06. The lowest BCUT2D eigenvalue weighted by Gasteiger charge is -2.32. The van der Waals surface area contributed by atoms with Gasteiger partial charge in [-0.05, 0) is 24.6 Å². The van der Waals surface area contributed by atoms with Crippen LogP contribution in [0.5, 0.6) is 0 Å². The Balaban J connectivity index is 3.28. The van der Waals surface area contributed by atoms with E-state index < -0.39 is 24.7 Å². The molecule has 1 rings (SSSR count). The zero-order valence-corrected chi connectivity index (χ0v) is 12.8. The molecule has 4 nitrogen and oxygen atoms in total. The highest BCUT2D eigenvalue weighted by Gasteiger charge is 2.36. The molecule has 22 heavy (non-hydrogen) atoms. The molecule has 1 N–H and O–H groups in total. The molecule has 8 heteroatoms. The molecule has 0 saturated carbocycles. The van der Waals surface area contributed by atoms with Gasteiger partial charge in [0.2, 0.25) is 5.91 Å². The molecular formula is C14H15ClF3N3O. The van der Waals surface area contributed by atoms with Gasteiger partial charge >= 0.3 is 6.18 Å². The summed E-state index contributed by atoms with van der Waals surface area (Å²) in [5, 5.41) is 11.2. The predicted octanol–water partition coefficient (Wildman–Crippen LogP) is 3.10. The third-order valence-corrected chi connectivity index (χ3v) is 3.38. The van der Waals surface area contributed by atoms with Gasteiger partial charge in [-0.1, -0.05) is 18.5 Å². The van der Waals surface area contributed by atoms with E-state index in [0.717, 1.165) is 4.90 Å². The van der Waals surface area contributed by atoms with Crippen molar-refractivity contribution in [2.45, 2.75) is 25.6 Å². The molecule has 0 saturated heterocycles. The van der Waals surface area contributed by atoms with Crippen molar-refractivity contribution in [3.8, 4) is 6.07 Å². The molecule has 0 spiro atoms. The first-order valence-electron chi connectivity index (χ1n) is 6.48. The molecule has 0 fully saturated rings. The van der Waals surface area contributed by atoms with Gasteiger partial charge in [-0.2, -0.15) is 18.4 Å². The number of alkyl halides is 3. The number of anilines is 1. The number of amides is 1. The van der Waals surface area contributed by atoms with Gasteiger partial charge in [0, 0.05) is 12.7 Å². The summed E-state index contributed by atoms with van der Waals surface area (Å²) in [5.74, 6) is -0.521. The van der Waals surface area contributed by atoms with Crippen molar-refractivity contribution in [2.24, 2.45) is 0 Å². The van der Waals surface area contributed by atoms with Crippen molar-refractivity contribution in [1.82, 2.24) is 5.32 Å². The fourth-order valence-corrected chi connectivity index (χ4v) is 2.28. The van der Waals surface area contributed by atoms with Crippen molar-refractivity contribution in [1.29, 1.82) is 5.26 Å². The first-order valence-corrected chi connectivity index (χ1v) is 6.86. The van der Waals surface area contributed by atoms with E-state index in [1.807, 2.05) is 6.07 Å². The fraction of sp³-hybridized carbons (Fsp3) is 0.429. The largest absolute Gasteiger partial charge is 0.405 e. The Kier molecular flexibility index (Phi) is 6.06. The topological polar surface area (TPSA) is 56.1 Å². The number of carbonyl (C=O) groups is 1. The van der Waals surface area contributed by atoms with Gasteiger partial charge in [0.1, 0.15) is 18.7 Å². The van der Waals surface area contributed by atoms with Gasteiger partial charge < -0.3 is 10.2 Å². The van der Waals surface area contributed by atoms with Crippen LogP contribution in [-0.2, 0) is 4.79 Å². The van der Waals surface area contributed by atoms with E-state index >= 15 is 0 Å². The number of hydrogen-bond donors (Lipinski definition) is 1. The number of benzene rings is 1. The van der Waals surface area contributed by atoms with Gasteiger partial charge in [-0.25, -0.2) is 0 Å². The highest BCUT2D eigenvalue weighted by molar-refractivity contribution is 6.32. The molecule has 0 radical (unpaired) electrons. The smallest absolute Gasteiger partial charge is 0.357 e. The maximum Gasteiger partial charge on any atom is 0.405 e. The van der Waals surface area contributed by atoms with E-state index in [2.05, 4.69) is 5.32 Å². The first-order chi connectivity index (χ1) is 10.2. The summed E-state index contributed by atoms with van der Waals surface area (Å²) in [6.07, 6.45) is -4.30. The third kappa shape index (κ3) is 4.53. The molecule has 0 bridgehead atoms. The number of rotatable bonds is 5. The SMILES string of the molecule is CCC(C(=O)NC)N(CC(F)(F)F)c1ccc(C#N)c(Cl)c1. The quantitative estimate of drug-likeness (QED) is 0.900. The zero-order valence-electron chi connectivity index (χ0n) is 12.0. The standard InChI is InChI=1S/C14H15ClF3N3O/c1-3-12(13(22)20-2)21(8-14(16,17)18)10-5-4-9(7-19)11(15)6-10/h4-6,12H,3,8H2,1-2H3,(H,20,22). The molecule has 1 aromatic rings. The Hall–Kier alpha value is -1.94. The molecule has 1 aromatic carbocycles. The lowest BCUT2D eigenvalue weighted by atomic mass is 10.1. The predicted molar refractivity (Wildman–Crippen MR) is 77.7 cm³/mol. The van der Waals surface area contributed by atoms with E-state index in [9.17, 15) is 18.0 Å². The highest BCUT2D eigenvalue weighted by Crippen LogP contribution is 2.29. The number of nitrogens with one attached hydrogen (secondary N) is 1. The second-order valence-corrected chi connectivity index (χ2v) is 4.96. The molecule has 1 amide bonds. The lowest BCUT2D eigenvalue weighted by molar-refractivity contribution is -0.127. The van der Waals surface area contributed by atoms with Crippen LogP contribution in [0.15, 0.2) is 18.2 Å². The number of carbonyl (C=O) groups excluding carboxylic acids is 1. The van der Waals surface area contributed by atoms with Gasteiger partial charge in [-0.15, -0.1) is 0 Å². The Morgan fingerprint density at radius 3 is 2.55 bits per heavy atom. The van der Waals surface area contributed by atoms with Crippen LogP contribution in [-0.4, -0.2) is 31.7 Å². The third-order valence-electron chi connectivity index (χ3n) is 3.07. The van der Waals surface area contributed by atoms with Crippen LogP contribution < -0.4 is 10.2 Å². The monoisotopic (exact) mass is 333 g/mol. The minimum atomic E-state index is -4.48. The minimum Gasteiger partial charge on any atom is -0.357 e. The average molecular weight is 334 g/mol. The molecule has 0 aliphatic rings. The van der Waals surface area contributed by atoms with Crippen LogP contribution in [0.3, 0.4) is 0 Å². The summed E-state index contributed by atoms with van der Waals surface area (Å²) in [5.41, 5.74) is 0.294. The van der Waals surface area contributed by atoms with Gasteiger partial charge in [0.05, 0.1) is 10.6 Å². The van der Waals surface area contributed by atoms with Crippen molar-refractivity contribution in [2.75, 3.05) is 18.5 Å². The summed E-state index contributed by atoms with van der Waals surface area (Å²) in [7, 11) is 1.36. The van der Waals surface area contributed by atoms with E-state index in [1.165, 1.54) is 25.2 Å². The summed E-state index contributed by atoms with van der Waals surface area (Å²) in [6, 6.07) is 4.79.